The van der Waals surface area contributed by atoms with E-state index in [2.05, 4.69) is 17.6 Å². The smallest absolute Gasteiger partial charge is 0.0500 e. The number of nitrogens with two attached hydrogens (primary N) is 1. The fourth-order valence-electron chi connectivity index (χ4n) is 1.82. The van der Waals surface area contributed by atoms with E-state index in [1.807, 2.05) is 42.5 Å². The van der Waals surface area contributed by atoms with E-state index in [4.69, 9.17) is 17.4 Å². The van der Waals surface area contributed by atoms with Gasteiger partial charge in [0, 0.05) is 11.1 Å². The van der Waals surface area contributed by atoms with Gasteiger partial charge in [-0.05, 0) is 29.7 Å². The van der Waals surface area contributed by atoms with Crippen LogP contribution in [0.25, 0.3) is 0 Å². The molecule has 2 aromatic carbocycles. The van der Waals surface area contributed by atoms with Crippen molar-refractivity contribution in [2.24, 2.45) is 5.84 Å². The lowest BCUT2D eigenvalue weighted by molar-refractivity contribution is 0.552. The van der Waals surface area contributed by atoms with E-state index in [1.54, 1.807) is 0 Å². The molecule has 88 valence electrons. The summed E-state index contributed by atoms with van der Waals surface area (Å²) < 4.78 is 0. The lowest BCUT2D eigenvalue weighted by atomic mass is 9.99. The van der Waals surface area contributed by atoms with Gasteiger partial charge in [-0.1, -0.05) is 54.1 Å². The van der Waals surface area contributed by atoms with E-state index in [9.17, 15) is 0 Å². The molecule has 0 aliphatic rings. The number of rotatable bonds is 4. The van der Waals surface area contributed by atoms with Gasteiger partial charge < -0.3 is 0 Å². The zero-order valence-corrected chi connectivity index (χ0v) is 10.2. The third-order valence-electron chi connectivity index (χ3n) is 2.76. The van der Waals surface area contributed by atoms with Crippen molar-refractivity contribution in [1.29, 1.82) is 0 Å². The number of hydrogen-bond acceptors (Lipinski definition) is 2. The number of nitrogens with one attached hydrogen (secondary N) is 1. The first-order chi connectivity index (χ1) is 8.29. The third kappa shape index (κ3) is 3.30. The van der Waals surface area contributed by atoms with Gasteiger partial charge >= 0.3 is 0 Å². The molecule has 3 heteroatoms. The molecule has 0 aromatic heterocycles. The van der Waals surface area contributed by atoms with Gasteiger partial charge in [-0.15, -0.1) is 0 Å². The van der Waals surface area contributed by atoms with Crippen LogP contribution in [0.4, 0.5) is 0 Å². The van der Waals surface area contributed by atoms with Crippen molar-refractivity contribution in [3.05, 3.63) is 70.7 Å². The summed E-state index contributed by atoms with van der Waals surface area (Å²) >= 11 is 5.87. The van der Waals surface area contributed by atoms with Crippen molar-refractivity contribution in [3.8, 4) is 0 Å². The molecule has 0 amide bonds. The van der Waals surface area contributed by atoms with Gasteiger partial charge in [-0.3, -0.25) is 11.3 Å². The molecular formula is C14H15ClN2. The van der Waals surface area contributed by atoms with Gasteiger partial charge in [0.25, 0.3) is 0 Å². The minimum atomic E-state index is 0.106. The number of benzene rings is 2. The zero-order chi connectivity index (χ0) is 12.1. The number of hydrazine groups is 1. The minimum absolute atomic E-state index is 0.106. The van der Waals surface area contributed by atoms with Crippen LogP contribution in [0.15, 0.2) is 54.6 Å². The number of halogens is 1. The summed E-state index contributed by atoms with van der Waals surface area (Å²) in [5.74, 6) is 5.61. The molecule has 17 heavy (non-hydrogen) atoms. The van der Waals surface area contributed by atoms with Crippen LogP contribution in [0.5, 0.6) is 0 Å². The predicted molar refractivity (Wildman–Crippen MR) is 71.7 cm³/mol. The Labute approximate surface area is 106 Å². The zero-order valence-electron chi connectivity index (χ0n) is 9.44. The Hall–Kier alpha value is -1.35. The normalized spacial score (nSPS) is 12.4. The second kappa shape index (κ2) is 5.82. The molecule has 0 bridgehead atoms. The van der Waals surface area contributed by atoms with Crippen LogP contribution < -0.4 is 11.3 Å². The molecule has 0 fully saturated rings. The molecule has 2 nitrogen and oxygen atoms in total. The Morgan fingerprint density at radius 3 is 2.24 bits per heavy atom. The summed E-state index contributed by atoms with van der Waals surface area (Å²) in [7, 11) is 0. The summed E-state index contributed by atoms with van der Waals surface area (Å²) in [6.45, 7) is 0. The molecule has 0 spiro atoms. The topological polar surface area (TPSA) is 38.0 Å². The van der Waals surface area contributed by atoms with Crippen molar-refractivity contribution in [2.75, 3.05) is 0 Å². The average molecular weight is 247 g/mol. The van der Waals surface area contributed by atoms with Crippen LogP contribution in [-0.2, 0) is 6.42 Å². The monoisotopic (exact) mass is 246 g/mol. The van der Waals surface area contributed by atoms with Gasteiger partial charge in [0.2, 0.25) is 0 Å². The molecule has 0 heterocycles. The lowest BCUT2D eigenvalue weighted by Crippen LogP contribution is -2.29. The molecule has 0 aliphatic carbocycles. The maximum Gasteiger partial charge on any atom is 0.0500 e. The van der Waals surface area contributed by atoms with Crippen LogP contribution in [0.1, 0.15) is 17.2 Å². The van der Waals surface area contributed by atoms with Gasteiger partial charge in [-0.2, -0.15) is 0 Å². The molecule has 0 radical (unpaired) electrons. The molecule has 2 aromatic rings. The van der Waals surface area contributed by atoms with Gasteiger partial charge in [0.1, 0.15) is 0 Å². The van der Waals surface area contributed by atoms with Crippen molar-refractivity contribution < 1.29 is 0 Å². The van der Waals surface area contributed by atoms with Crippen LogP contribution in [0.3, 0.4) is 0 Å². The maximum atomic E-state index is 5.87. The second-order valence-electron chi connectivity index (χ2n) is 3.96. The molecule has 0 saturated carbocycles. The summed E-state index contributed by atoms with van der Waals surface area (Å²) in [6, 6.07) is 18.1. The van der Waals surface area contributed by atoms with Gasteiger partial charge in [-0.25, -0.2) is 0 Å². The Morgan fingerprint density at radius 2 is 1.65 bits per heavy atom. The van der Waals surface area contributed by atoms with E-state index in [-0.39, 0.29) is 6.04 Å². The van der Waals surface area contributed by atoms with Crippen molar-refractivity contribution >= 4 is 11.6 Å². The minimum Gasteiger partial charge on any atom is -0.271 e. The molecule has 0 saturated heterocycles. The van der Waals surface area contributed by atoms with Crippen LogP contribution >= 0.6 is 11.6 Å². The lowest BCUT2D eigenvalue weighted by Gasteiger charge is -2.16. The number of hydrogen-bond donors (Lipinski definition) is 2. The van der Waals surface area contributed by atoms with E-state index in [0.717, 1.165) is 17.0 Å². The SMILES string of the molecule is NN[C@H](Cc1ccccc1)c1ccc(Cl)cc1. The van der Waals surface area contributed by atoms with Crippen LogP contribution in [0, 0.1) is 0 Å². The van der Waals surface area contributed by atoms with E-state index < -0.39 is 0 Å². The highest BCUT2D eigenvalue weighted by Gasteiger charge is 2.09. The van der Waals surface area contributed by atoms with Crippen LogP contribution in [0.2, 0.25) is 5.02 Å². The second-order valence-corrected chi connectivity index (χ2v) is 4.40. The highest BCUT2D eigenvalue weighted by atomic mass is 35.5. The summed E-state index contributed by atoms with van der Waals surface area (Å²) in [4.78, 5) is 0. The molecule has 2 rings (SSSR count). The predicted octanol–water partition coefficient (Wildman–Crippen LogP) is 3.09. The van der Waals surface area contributed by atoms with Crippen LogP contribution in [-0.4, -0.2) is 0 Å². The maximum absolute atomic E-state index is 5.87. The molecule has 3 N–H and O–H groups in total. The van der Waals surface area contributed by atoms with Crippen molar-refractivity contribution in [3.63, 3.8) is 0 Å². The van der Waals surface area contributed by atoms with Gasteiger partial charge in [0.15, 0.2) is 0 Å². The fraction of sp³-hybridized carbons (Fsp3) is 0.143. The quantitative estimate of drug-likeness (QED) is 0.643. The first kappa shape index (κ1) is 12.1. The average Bonchev–Trinajstić information content (AvgIpc) is 2.38. The van der Waals surface area contributed by atoms with Crippen molar-refractivity contribution in [1.82, 2.24) is 5.43 Å². The highest BCUT2D eigenvalue weighted by molar-refractivity contribution is 6.30. The Balaban J connectivity index is 2.14. The molecule has 1 atom stereocenters. The third-order valence-corrected chi connectivity index (χ3v) is 3.01. The molecular weight excluding hydrogens is 232 g/mol. The first-order valence-electron chi connectivity index (χ1n) is 5.55. The largest absolute Gasteiger partial charge is 0.271 e. The van der Waals surface area contributed by atoms with Crippen molar-refractivity contribution in [2.45, 2.75) is 12.5 Å². The molecule has 0 aliphatic heterocycles. The molecule has 0 unspecified atom stereocenters. The summed E-state index contributed by atoms with van der Waals surface area (Å²) in [6.07, 6.45) is 0.860. The Morgan fingerprint density at radius 1 is 1.00 bits per heavy atom. The van der Waals surface area contributed by atoms with E-state index >= 15 is 0 Å². The summed E-state index contributed by atoms with van der Waals surface area (Å²) in [5.41, 5.74) is 5.24. The summed E-state index contributed by atoms with van der Waals surface area (Å²) in [5, 5.41) is 0.740. The highest BCUT2D eigenvalue weighted by Crippen LogP contribution is 2.19. The van der Waals surface area contributed by atoms with E-state index in [1.165, 1.54) is 5.56 Å². The fourth-order valence-corrected chi connectivity index (χ4v) is 1.94. The first-order valence-corrected chi connectivity index (χ1v) is 5.93. The standard InChI is InChI=1S/C14H15ClN2/c15-13-8-6-12(7-9-13)14(17-16)10-11-4-2-1-3-5-11/h1-9,14,17H,10,16H2/t14-/m1/s1. The Kier molecular flexibility index (Phi) is 4.15. The van der Waals surface area contributed by atoms with E-state index in [0.29, 0.717) is 0 Å². The Bertz CT molecular complexity index is 453. The van der Waals surface area contributed by atoms with Gasteiger partial charge in [0.05, 0.1) is 0 Å².